The molecular weight excluding hydrogens is 483 g/mol. The molecule has 0 bridgehead atoms. The maximum atomic E-state index is 13.6. The number of ether oxygens (including phenoxy) is 1. The van der Waals surface area contributed by atoms with Gasteiger partial charge in [-0.3, -0.25) is 9.59 Å². The van der Waals surface area contributed by atoms with Crippen molar-refractivity contribution < 1.29 is 14.3 Å². The third-order valence-electron chi connectivity index (χ3n) is 5.44. The molecular formula is C28H30Cl2N2O3. The molecule has 0 saturated heterocycles. The van der Waals surface area contributed by atoms with Crippen LogP contribution >= 0.6 is 23.2 Å². The van der Waals surface area contributed by atoms with Crippen molar-refractivity contribution >= 4 is 35.0 Å². The van der Waals surface area contributed by atoms with Crippen LogP contribution in [0, 0.1) is 6.92 Å². The van der Waals surface area contributed by atoms with E-state index in [1.165, 1.54) is 4.90 Å². The van der Waals surface area contributed by atoms with E-state index >= 15 is 0 Å². The highest BCUT2D eigenvalue weighted by atomic mass is 35.5. The van der Waals surface area contributed by atoms with Crippen LogP contribution < -0.4 is 10.1 Å². The molecule has 0 aliphatic heterocycles. The van der Waals surface area contributed by atoms with E-state index in [2.05, 4.69) is 5.32 Å². The minimum Gasteiger partial charge on any atom is -0.484 e. The molecule has 3 aromatic rings. The molecule has 0 fully saturated rings. The molecule has 0 spiro atoms. The van der Waals surface area contributed by atoms with E-state index < -0.39 is 6.04 Å². The van der Waals surface area contributed by atoms with Gasteiger partial charge in [-0.25, -0.2) is 0 Å². The second-order valence-corrected chi connectivity index (χ2v) is 9.51. The standard InChI is InChI=1S/C28H30Cl2N2O3/c1-19(2)31-28(34)26(16-21-10-5-4-6-11-21)32(17-23-24(29)13-8-14-25(23)30)27(33)18-35-22-12-7-9-20(3)15-22/h4-15,19,26H,16-18H2,1-3H3,(H,31,34)/t26-/m0/s1. The van der Waals surface area contributed by atoms with Crippen LogP contribution in [0.25, 0.3) is 0 Å². The van der Waals surface area contributed by atoms with Crippen molar-refractivity contribution in [2.45, 2.75) is 45.8 Å². The second-order valence-electron chi connectivity index (χ2n) is 8.70. The maximum absolute atomic E-state index is 13.6. The smallest absolute Gasteiger partial charge is 0.261 e. The van der Waals surface area contributed by atoms with Gasteiger partial charge in [-0.2, -0.15) is 0 Å². The Balaban J connectivity index is 1.96. The molecule has 0 aliphatic rings. The number of carbonyl (C=O) groups excluding carboxylic acids is 2. The largest absolute Gasteiger partial charge is 0.484 e. The number of benzene rings is 3. The first-order valence-corrected chi connectivity index (χ1v) is 12.3. The zero-order valence-corrected chi connectivity index (χ0v) is 21.6. The molecule has 0 saturated carbocycles. The van der Waals surface area contributed by atoms with Gasteiger partial charge in [0.15, 0.2) is 6.61 Å². The van der Waals surface area contributed by atoms with Crippen molar-refractivity contribution in [3.05, 3.63) is 99.5 Å². The van der Waals surface area contributed by atoms with Crippen molar-refractivity contribution in [3.8, 4) is 5.75 Å². The molecule has 7 heteroatoms. The molecule has 3 rings (SSSR count). The molecule has 0 unspecified atom stereocenters. The third-order valence-corrected chi connectivity index (χ3v) is 6.15. The lowest BCUT2D eigenvalue weighted by molar-refractivity contribution is -0.143. The van der Waals surface area contributed by atoms with Crippen molar-refractivity contribution in [3.63, 3.8) is 0 Å². The van der Waals surface area contributed by atoms with Crippen molar-refractivity contribution in [2.75, 3.05) is 6.61 Å². The van der Waals surface area contributed by atoms with Gasteiger partial charge >= 0.3 is 0 Å². The molecule has 0 radical (unpaired) electrons. The van der Waals surface area contributed by atoms with Crippen LogP contribution in [0.1, 0.15) is 30.5 Å². The highest BCUT2D eigenvalue weighted by Crippen LogP contribution is 2.27. The third kappa shape index (κ3) is 7.74. The van der Waals surface area contributed by atoms with E-state index in [1.54, 1.807) is 24.3 Å². The minimum absolute atomic E-state index is 0.0670. The van der Waals surface area contributed by atoms with E-state index in [1.807, 2.05) is 69.3 Å². The number of nitrogens with one attached hydrogen (secondary N) is 1. The Bertz CT molecular complexity index is 1130. The quantitative estimate of drug-likeness (QED) is 0.370. The van der Waals surface area contributed by atoms with E-state index in [4.69, 9.17) is 27.9 Å². The molecule has 184 valence electrons. The van der Waals surface area contributed by atoms with Gasteiger partial charge < -0.3 is 15.0 Å². The van der Waals surface area contributed by atoms with Gasteiger partial charge in [0.2, 0.25) is 5.91 Å². The molecule has 0 aromatic heterocycles. The van der Waals surface area contributed by atoms with Gasteiger partial charge in [-0.1, -0.05) is 71.7 Å². The van der Waals surface area contributed by atoms with Crippen molar-refractivity contribution in [1.29, 1.82) is 0 Å². The van der Waals surface area contributed by atoms with E-state index in [9.17, 15) is 9.59 Å². The second kappa shape index (κ2) is 12.6. The van der Waals surface area contributed by atoms with Crippen LogP contribution in [-0.4, -0.2) is 35.4 Å². The Hall–Kier alpha value is -3.02. The monoisotopic (exact) mass is 512 g/mol. The summed E-state index contributed by atoms with van der Waals surface area (Å²) < 4.78 is 5.80. The van der Waals surface area contributed by atoms with Gasteiger partial charge in [0.05, 0.1) is 0 Å². The summed E-state index contributed by atoms with van der Waals surface area (Å²) in [6.45, 7) is 5.56. The number of amides is 2. The Morgan fingerprint density at radius 3 is 2.23 bits per heavy atom. The van der Waals surface area contributed by atoms with E-state index in [0.717, 1.165) is 11.1 Å². The lowest BCUT2D eigenvalue weighted by Gasteiger charge is -2.32. The normalized spacial score (nSPS) is 11.7. The summed E-state index contributed by atoms with van der Waals surface area (Å²) in [5.41, 5.74) is 2.53. The number of carbonyl (C=O) groups is 2. The van der Waals surface area contributed by atoms with Gasteiger partial charge in [0, 0.05) is 34.6 Å². The fourth-order valence-electron chi connectivity index (χ4n) is 3.72. The number of rotatable bonds is 10. The molecule has 1 N–H and O–H groups in total. The fraction of sp³-hybridized carbons (Fsp3) is 0.286. The molecule has 3 aromatic carbocycles. The highest BCUT2D eigenvalue weighted by Gasteiger charge is 2.32. The predicted octanol–water partition coefficient (Wildman–Crippen LogP) is 5.85. The van der Waals surface area contributed by atoms with Gasteiger partial charge in [0.1, 0.15) is 11.8 Å². The molecule has 35 heavy (non-hydrogen) atoms. The molecule has 1 atom stereocenters. The van der Waals surface area contributed by atoms with Crippen LogP contribution in [0.4, 0.5) is 0 Å². The topological polar surface area (TPSA) is 58.6 Å². The number of hydrogen-bond donors (Lipinski definition) is 1. The average Bonchev–Trinajstić information content (AvgIpc) is 2.81. The predicted molar refractivity (Wildman–Crippen MR) is 141 cm³/mol. The summed E-state index contributed by atoms with van der Waals surface area (Å²) >= 11 is 12.9. The molecule has 5 nitrogen and oxygen atoms in total. The average molecular weight is 513 g/mol. The zero-order chi connectivity index (χ0) is 25.4. The summed E-state index contributed by atoms with van der Waals surface area (Å²) in [4.78, 5) is 28.5. The Labute approximate surface area is 217 Å². The number of nitrogens with zero attached hydrogens (tertiary/aromatic N) is 1. The summed E-state index contributed by atoms with van der Waals surface area (Å²) in [7, 11) is 0. The molecule has 0 heterocycles. The lowest BCUT2D eigenvalue weighted by Crippen LogP contribution is -2.52. The number of halogens is 2. The first-order chi connectivity index (χ1) is 16.7. The zero-order valence-electron chi connectivity index (χ0n) is 20.1. The van der Waals surface area contributed by atoms with Crippen LogP contribution in [0.15, 0.2) is 72.8 Å². The summed E-state index contributed by atoms with van der Waals surface area (Å²) in [6, 6.07) is 21.4. The van der Waals surface area contributed by atoms with Gasteiger partial charge in [-0.15, -0.1) is 0 Å². The maximum Gasteiger partial charge on any atom is 0.261 e. The number of hydrogen-bond acceptors (Lipinski definition) is 3. The Kier molecular flexibility index (Phi) is 9.58. The molecule has 0 aliphatic carbocycles. The van der Waals surface area contributed by atoms with E-state index in [0.29, 0.717) is 27.8 Å². The highest BCUT2D eigenvalue weighted by molar-refractivity contribution is 6.36. The van der Waals surface area contributed by atoms with Crippen LogP contribution in [-0.2, 0) is 22.6 Å². The van der Waals surface area contributed by atoms with Crippen LogP contribution in [0.3, 0.4) is 0 Å². The summed E-state index contributed by atoms with van der Waals surface area (Å²) in [5.74, 6) is -0.0152. The minimum atomic E-state index is -0.791. The van der Waals surface area contributed by atoms with Crippen LogP contribution in [0.5, 0.6) is 5.75 Å². The lowest BCUT2D eigenvalue weighted by atomic mass is 10.0. The first-order valence-electron chi connectivity index (χ1n) is 11.5. The summed E-state index contributed by atoms with van der Waals surface area (Å²) in [6.07, 6.45) is 0.331. The van der Waals surface area contributed by atoms with E-state index in [-0.39, 0.29) is 31.0 Å². The Morgan fingerprint density at radius 2 is 1.60 bits per heavy atom. The fourth-order valence-corrected chi connectivity index (χ4v) is 4.24. The SMILES string of the molecule is Cc1cccc(OCC(=O)N(Cc2c(Cl)cccc2Cl)[C@@H](Cc2ccccc2)C(=O)NC(C)C)c1. The van der Waals surface area contributed by atoms with Crippen molar-refractivity contribution in [1.82, 2.24) is 10.2 Å². The van der Waals surface area contributed by atoms with Gasteiger partial charge in [-0.05, 0) is 56.2 Å². The first kappa shape index (κ1) is 26.6. The number of aryl methyl sites for hydroxylation is 1. The summed E-state index contributed by atoms with van der Waals surface area (Å²) in [5, 5.41) is 3.81. The van der Waals surface area contributed by atoms with Crippen molar-refractivity contribution in [2.24, 2.45) is 0 Å². The molecule has 2 amide bonds. The van der Waals surface area contributed by atoms with Crippen LogP contribution in [0.2, 0.25) is 10.0 Å². The Morgan fingerprint density at radius 1 is 0.943 bits per heavy atom. The van der Waals surface area contributed by atoms with Gasteiger partial charge in [0.25, 0.3) is 5.91 Å².